The summed E-state index contributed by atoms with van der Waals surface area (Å²) < 4.78 is 10.6. The molecule has 2 unspecified atom stereocenters. The molecule has 3 aliphatic rings. The number of ether oxygens (including phenoxy) is 2. The van der Waals surface area contributed by atoms with Crippen molar-refractivity contribution < 1.29 is 19.1 Å². The first-order chi connectivity index (χ1) is 13.0. The Kier molecular flexibility index (Phi) is 4.86. The highest BCUT2D eigenvalue weighted by atomic mass is 16.6. The fraction of sp³-hybridized carbons (Fsp3) is 0.550. The lowest BCUT2D eigenvalue weighted by Crippen LogP contribution is -2.52. The quantitative estimate of drug-likeness (QED) is 0.770. The number of piperidine rings is 1. The summed E-state index contributed by atoms with van der Waals surface area (Å²) in [6.07, 6.45) is 7.46. The van der Waals surface area contributed by atoms with E-state index in [2.05, 4.69) is 10.3 Å². The van der Waals surface area contributed by atoms with Crippen LogP contribution in [0.2, 0.25) is 0 Å². The van der Waals surface area contributed by atoms with E-state index in [1.165, 1.54) is 0 Å². The second-order valence-electron chi connectivity index (χ2n) is 7.90. The lowest BCUT2D eigenvalue weighted by Gasteiger charge is -2.38. The van der Waals surface area contributed by atoms with Crippen LogP contribution in [0, 0.1) is 17.8 Å². The lowest BCUT2D eigenvalue weighted by molar-refractivity contribution is -0.171. The minimum atomic E-state index is -0.447. The van der Waals surface area contributed by atoms with Gasteiger partial charge >= 0.3 is 6.09 Å². The highest BCUT2D eigenvalue weighted by Crippen LogP contribution is 2.53. The van der Waals surface area contributed by atoms with Gasteiger partial charge in [0.05, 0.1) is 13.2 Å². The monoisotopic (exact) mass is 371 g/mol. The van der Waals surface area contributed by atoms with Gasteiger partial charge in [0.1, 0.15) is 0 Å². The maximum Gasteiger partial charge on any atom is 0.410 e. The molecule has 7 heteroatoms. The summed E-state index contributed by atoms with van der Waals surface area (Å²) in [4.78, 5) is 29.8. The maximum atomic E-state index is 12.2. The molecule has 3 fully saturated rings. The Hall–Kier alpha value is -2.41. The van der Waals surface area contributed by atoms with Gasteiger partial charge in [-0.25, -0.2) is 4.79 Å². The molecule has 1 saturated carbocycles. The Bertz CT molecular complexity index is 720. The summed E-state index contributed by atoms with van der Waals surface area (Å²) in [5, 5.41) is 2.93. The van der Waals surface area contributed by atoms with Gasteiger partial charge in [0.25, 0.3) is 0 Å². The number of aromatic nitrogens is 1. The van der Waals surface area contributed by atoms with Gasteiger partial charge in [0.2, 0.25) is 5.91 Å². The summed E-state index contributed by atoms with van der Waals surface area (Å²) in [6.45, 7) is 5.06. The van der Waals surface area contributed by atoms with Crippen LogP contribution in [0.1, 0.15) is 18.9 Å². The third-order valence-corrected chi connectivity index (χ3v) is 5.69. The molecule has 2 atom stereocenters. The zero-order valence-corrected chi connectivity index (χ0v) is 15.5. The van der Waals surface area contributed by atoms with Crippen molar-refractivity contribution in [3.8, 4) is 0 Å². The van der Waals surface area contributed by atoms with E-state index in [0.29, 0.717) is 37.5 Å². The van der Waals surface area contributed by atoms with Crippen LogP contribution in [0.5, 0.6) is 0 Å². The average molecular weight is 371 g/mol. The molecular formula is C20H25N3O4. The molecule has 0 bridgehead atoms. The van der Waals surface area contributed by atoms with Gasteiger partial charge in [-0.2, -0.15) is 0 Å². The molecule has 144 valence electrons. The topological polar surface area (TPSA) is 80.8 Å². The second-order valence-corrected chi connectivity index (χ2v) is 7.90. The first-order valence-corrected chi connectivity index (χ1v) is 9.46. The van der Waals surface area contributed by atoms with Gasteiger partial charge in [-0.05, 0) is 54.9 Å². The van der Waals surface area contributed by atoms with Crippen molar-refractivity contribution in [2.24, 2.45) is 17.8 Å². The molecule has 2 saturated heterocycles. The van der Waals surface area contributed by atoms with E-state index in [-0.39, 0.29) is 12.0 Å². The minimum absolute atomic E-state index is 0.0845. The van der Waals surface area contributed by atoms with Crippen LogP contribution in [0.25, 0.3) is 6.08 Å². The van der Waals surface area contributed by atoms with Crippen LogP contribution >= 0.6 is 0 Å². The number of nitrogens with one attached hydrogen (secondary N) is 1. The Labute approximate surface area is 158 Å². The third-order valence-electron chi connectivity index (χ3n) is 5.69. The predicted octanol–water partition coefficient (Wildman–Crippen LogP) is 1.70. The van der Waals surface area contributed by atoms with Crippen LogP contribution < -0.4 is 5.32 Å². The van der Waals surface area contributed by atoms with E-state index in [4.69, 9.17) is 9.47 Å². The van der Waals surface area contributed by atoms with Crippen LogP contribution in [-0.4, -0.2) is 60.3 Å². The van der Waals surface area contributed by atoms with E-state index < -0.39 is 5.60 Å². The maximum absolute atomic E-state index is 12.2. The lowest BCUT2D eigenvalue weighted by atomic mass is 10.1. The van der Waals surface area contributed by atoms with Crippen molar-refractivity contribution in [3.63, 3.8) is 0 Å². The zero-order chi connectivity index (χ0) is 18.9. The molecular weight excluding hydrogens is 346 g/mol. The van der Waals surface area contributed by atoms with Gasteiger partial charge in [0, 0.05) is 38.1 Å². The van der Waals surface area contributed by atoms with Crippen molar-refractivity contribution >= 4 is 18.1 Å². The van der Waals surface area contributed by atoms with E-state index in [1.807, 2.05) is 24.0 Å². The molecule has 1 aromatic rings. The number of rotatable bonds is 6. The average Bonchev–Trinajstić information content (AvgIpc) is 3.09. The van der Waals surface area contributed by atoms with Crippen molar-refractivity contribution in [3.05, 3.63) is 36.2 Å². The number of amides is 2. The largest absolute Gasteiger partial charge is 0.438 e. The van der Waals surface area contributed by atoms with Gasteiger partial charge < -0.3 is 19.7 Å². The predicted molar refractivity (Wildman–Crippen MR) is 98.6 cm³/mol. The molecule has 4 rings (SSSR count). The SMILES string of the molecule is CC1(OC(=O)N2CC3C(CCNC(=O)/C=C/c4ccncc4)C3C2)COC1. The van der Waals surface area contributed by atoms with E-state index in [9.17, 15) is 9.59 Å². The number of carbonyl (C=O) groups excluding carboxylic acids is 2. The standard InChI is InChI=1S/C20H25N3O4/c1-20(12-26-13-20)27-19(25)23-10-16-15(17(16)11-23)6-9-22-18(24)3-2-14-4-7-21-8-5-14/h2-5,7-8,15-17H,6,9-13H2,1H3,(H,22,24)/b3-2+. The molecule has 0 spiro atoms. The molecule has 1 aromatic heterocycles. The van der Waals surface area contributed by atoms with Crippen molar-refractivity contribution in [2.75, 3.05) is 32.8 Å². The van der Waals surface area contributed by atoms with Crippen molar-refractivity contribution in [2.45, 2.75) is 18.9 Å². The molecule has 0 radical (unpaired) electrons. The Morgan fingerprint density at radius 2 is 2.04 bits per heavy atom. The fourth-order valence-electron chi connectivity index (χ4n) is 4.02. The smallest absolute Gasteiger partial charge is 0.410 e. The van der Waals surface area contributed by atoms with Crippen LogP contribution in [0.4, 0.5) is 4.79 Å². The summed E-state index contributed by atoms with van der Waals surface area (Å²) in [6, 6.07) is 3.70. The number of pyridine rings is 1. The molecule has 7 nitrogen and oxygen atoms in total. The normalized spacial score (nSPS) is 27.7. The Morgan fingerprint density at radius 1 is 1.33 bits per heavy atom. The molecule has 2 amide bonds. The molecule has 2 aliphatic heterocycles. The first-order valence-electron chi connectivity index (χ1n) is 9.46. The van der Waals surface area contributed by atoms with Crippen LogP contribution in [-0.2, 0) is 14.3 Å². The summed E-state index contributed by atoms with van der Waals surface area (Å²) in [5.41, 5.74) is 0.503. The number of hydrogen-bond donors (Lipinski definition) is 1. The van der Waals surface area contributed by atoms with Gasteiger partial charge in [-0.15, -0.1) is 0 Å². The van der Waals surface area contributed by atoms with Crippen molar-refractivity contribution in [1.82, 2.24) is 15.2 Å². The van der Waals surface area contributed by atoms with E-state index >= 15 is 0 Å². The van der Waals surface area contributed by atoms with E-state index in [0.717, 1.165) is 25.1 Å². The Morgan fingerprint density at radius 3 is 2.67 bits per heavy atom. The van der Waals surface area contributed by atoms with Crippen molar-refractivity contribution in [1.29, 1.82) is 0 Å². The van der Waals surface area contributed by atoms with Gasteiger partial charge in [0.15, 0.2) is 5.60 Å². The van der Waals surface area contributed by atoms with Gasteiger partial charge in [-0.1, -0.05) is 0 Å². The summed E-state index contributed by atoms with van der Waals surface area (Å²) in [7, 11) is 0. The number of nitrogens with zero attached hydrogens (tertiary/aromatic N) is 2. The van der Waals surface area contributed by atoms with E-state index in [1.54, 1.807) is 24.5 Å². The number of hydrogen-bond acceptors (Lipinski definition) is 5. The molecule has 27 heavy (non-hydrogen) atoms. The fourth-order valence-corrected chi connectivity index (χ4v) is 4.02. The van der Waals surface area contributed by atoms with Gasteiger partial charge in [-0.3, -0.25) is 9.78 Å². The Balaban J connectivity index is 1.13. The highest BCUT2D eigenvalue weighted by molar-refractivity contribution is 5.91. The summed E-state index contributed by atoms with van der Waals surface area (Å²) >= 11 is 0. The second kappa shape index (κ2) is 7.31. The molecule has 0 aromatic carbocycles. The van der Waals surface area contributed by atoms with Crippen LogP contribution in [0.15, 0.2) is 30.6 Å². The minimum Gasteiger partial charge on any atom is -0.438 e. The molecule has 1 aliphatic carbocycles. The van der Waals surface area contributed by atoms with Crippen LogP contribution in [0.3, 0.4) is 0 Å². The third kappa shape index (κ3) is 4.13. The zero-order valence-electron chi connectivity index (χ0n) is 15.5. The molecule has 3 heterocycles. The molecule has 1 N–H and O–H groups in total. The number of fused-ring (bicyclic) bond motifs is 1. The first kappa shape index (κ1) is 18.0. The highest BCUT2D eigenvalue weighted by Gasteiger charge is 2.56. The summed E-state index contributed by atoms with van der Waals surface area (Å²) in [5.74, 6) is 1.61. The number of carbonyl (C=O) groups is 2. The number of likely N-dealkylation sites (tertiary alicyclic amines) is 1.